The van der Waals surface area contributed by atoms with Gasteiger partial charge in [-0.15, -0.1) is 0 Å². The van der Waals surface area contributed by atoms with Gasteiger partial charge in [0.1, 0.15) is 6.10 Å². The molecule has 1 atom stereocenters. The molecule has 0 fully saturated rings. The van der Waals surface area contributed by atoms with Crippen molar-refractivity contribution < 1.29 is 22.7 Å². The molecular weight excluding hydrogens is 257 g/mol. The summed E-state index contributed by atoms with van der Waals surface area (Å²) in [5, 5.41) is 0. The number of hydrogen-bond donors (Lipinski definition) is 0. The minimum absolute atomic E-state index is 0.0575. The molecular formula is C14H15F3O2. The highest BCUT2D eigenvalue weighted by Crippen LogP contribution is 2.30. The molecule has 0 aliphatic rings. The maximum Gasteiger partial charge on any atom is 0.415 e. The van der Waals surface area contributed by atoms with Gasteiger partial charge in [-0.3, -0.25) is 4.79 Å². The molecule has 2 nitrogen and oxygen atoms in total. The molecule has 0 saturated carbocycles. The van der Waals surface area contributed by atoms with Crippen LogP contribution in [0.25, 0.3) is 0 Å². The lowest BCUT2D eigenvalue weighted by atomic mass is 10.0. The van der Waals surface area contributed by atoms with Crippen molar-refractivity contribution in [2.45, 2.75) is 32.0 Å². The largest absolute Gasteiger partial charge is 0.458 e. The molecule has 1 aromatic rings. The molecule has 0 saturated heterocycles. The standard InChI is InChI=1S/C14H15F3O2/c1-10(14(15,16)17)13(19-11(2)18)9-8-12-6-4-3-5-7-12/h3-7,13H,1,8-9H2,2H3. The summed E-state index contributed by atoms with van der Waals surface area (Å²) in [5.41, 5.74) is -0.145. The summed E-state index contributed by atoms with van der Waals surface area (Å²) in [6.07, 6.45) is -5.45. The van der Waals surface area contributed by atoms with Crippen molar-refractivity contribution in [1.82, 2.24) is 0 Å². The van der Waals surface area contributed by atoms with Crippen LogP contribution in [0.3, 0.4) is 0 Å². The maximum atomic E-state index is 12.6. The third kappa shape index (κ3) is 5.16. The van der Waals surface area contributed by atoms with Crippen molar-refractivity contribution in [2.75, 3.05) is 0 Å². The second kappa shape index (κ2) is 6.41. The first-order chi connectivity index (χ1) is 8.80. The van der Waals surface area contributed by atoms with E-state index in [1.54, 1.807) is 24.3 Å². The van der Waals surface area contributed by atoms with E-state index in [0.717, 1.165) is 12.5 Å². The molecule has 1 rings (SSSR count). The average molecular weight is 272 g/mol. The van der Waals surface area contributed by atoms with Crippen LogP contribution in [0.15, 0.2) is 42.5 Å². The molecule has 0 aliphatic heterocycles. The van der Waals surface area contributed by atoms with E-state index in [-0.39, 0.29) is 6.42 Å². The van der Waals surface area contributed by atoms with Crippen molar-refractivity contribution in [3.63, 3.8) is 0 Å². The fourth-order valence-electron chi connectivity index (χ4n) is 1.63. The smallest absolute Gasteiger partial charge is 0.415 e. The summed E-state index contributed by atoms with van der Waals surface area (Å²) in [4.78, 5) is 10.9. The zero-order valence-electron chi connectivity index (χ0n) is 10.5. The van der Waals surface area contributed by atoms with Crippen LogP contribution in [0.5, 0.6) is 0 Å². The van der Waals surface area contributed by atoms with Crippen LogP contribution in [0.1, 0.15) is 18.9 Å². The minimum Gasteiger partial charge on any atom is -0.458 e. The van der Waals surface area contributed by atoms with Gasteiger partial charge in [-0.25, -0.2) is 0 Å². The summed E-state index contributed by atoms with van der Waals surface area (Å²) in [6.45, 7) is 4.07. The first kappa shape index (κ1) is 15.3. The van der Waals surface area contributed by atoms with Gasteiger partial charge in [0.2, 0.25) is 0 Å². The molecule has 0 amide bonds. The number of hydrogen-bond acceptors (Lipinski definition) is 2. The van der Waals surface area contributed by atoms with Crippen LogP contribution in [-0.4, -0.2) is 18.2 Å². The van der Waals surface area contributed by atoms with Gasteiger partial charge in [-0.05, 0) is 18.4 Å². The van der Waals surface area contributed by atoms with E-state index >= 15 is 0 Å². The average Bonchev–Trinajstić information content (AvgIpc) is 2.33. The molecule has 0 aromatic heterocycles. The van der Waals surface area contributed by atoms with Crippen molar-refractivity contribution in [3.8, 4) is 0 Å². The maximum absolute atomic E-state index is 12.6. The molecule has 0 spiro atoms. The van der Waals surface area contributed by atoms with Crippen molar-refractivity contribution in [2.24, 2.45) is 0 Å². The number of carbonyl (C=O) groups is 1. The Morgan fingerprint density at radius 1 is 1.32 bits per heavy atom. The van der Waals surface area contributed by atoms with Crippen LogP contribution in [0.4, 0.5) is 13.2 Å². The quantitative estimate of drug-likeness (QED) is 0.604. The highest BCUT2D eigenvalue weighted by Gasteiger charge is 2.38. The van der Waals surface area contributed by atoms with E-state index in [0.29, 0.717) is 6.42 Å². The van der Waals surface area contributed by atoms with E-state index in [9.17, 15) is 18.0 Å². The predicted molar refractivity (Wildman–Crippen MR) is 65.5 cm³/mol. The summed E-state index contributed by atoms with van der Waals surface area (Å²) >= 11 is 0. The zero-order valence-corrected chi connectivity index (χ0v) is 10.5. The molecule has 0 heterocycles. The number of benzene rings is 1. The molecule has 0 radical (unpaired) electrons. The minimum atomic E-state index is -4.56. The third-order valence-electron chi connectivity index (χ3n) is 2.60. The van der Waals surface area contributed by atoms with Crippen molar-refractivity contribution >= 4 is 5.97 Å². The third-order valence-corrected chi connectivity index (χ3v) is 2.60. The van der Waals surface area contributed by atoms with E-state index in [1.165, 1.54) is 0 Å². The number of rotatable bonds is 5. The Bertz CT molecular complexity index is 438. The second-order valence-corrected chi connectivity index (χ2v) is 4.15. The number of halogens is 3. The molecule has 0 bridgehead atoms. The van der Waals surface area contributed by atoms with Crippen LogP contribution >= 0.6 is 0 Å². The fraction of sp³-hybridized carbons (Fsp3) is 0.357. The van der Waals surface area contributed by atoms with E-state index in [4.69, 9.17) is 4.74 Å². The second-order valence-electron chi connectivity index (χ2n) is 4.15. The Hall–Kier alpha value is -1.78. The number of esters is 1. The fourth-order valence-corrected chi connectivity index (χ4v) is 1.63. The normalized spacial score (nSPS) is 12.8. The topological polar surface area (TPSA) is 26.3 Å². The van der Waals surface area contributed by atoms with Crippen LogP contribution in [-0.2, 0) is 16.0 Å². The first-order valence-electron chi connectivity index (χ1n) is 5.78. The SMILES string of the molecule is C=C(C(CCc1ccccc1)OC(C)=O)C(F)(F)F. The Labute approximate surface area is 109 Å². The van der Waals surface area contributed by atoms with E-state index < -0.39 is 23.8 Å². The molecule has 1 unspecified atom stereocenters. The van der Waals surface area contributed by atoms with Crippen molar-refractivity contribution in [1.29, 1.82) is 0 Å². The molecule has 19 heavy (non-hydrogen) atoms. The molecule has 5 heteroatoms. The number of ether oxygens (including phenoxy) is 1. The first-order valence-corrected chi connectivity index (χ1v) is 5.78. The van der Waals surface area contributed by atoms with Crippen molar-refractivity contribution in [3.05, 3.63) is 48.0 Å². The molecule has 0 N–H and O–H groups in total. The molecule has 0 aliphatic carbocycles. The molecule has 1 aromatic carbocycles. The highest BCUT2D eigenvalue weighted by atomic mass is 19.4. The van der Waals surface area contributed by atoms with Crippen LogP contribution < -0.4 is 0 Å². The summed E-state index contributed by atoms with van der Waals surface area (Å²) in [7, 11) is 0. The van der Waals surface area contributed by atoms with Gasteiger partial charge < -0.3 is 4.74 Å². The number of aryl methyl sites for hydroxylation is 1. The number of carbonyl (C=O) groups excluding carboxylic acids is 1. The summed E-state index contributed by atoms with van der Waals surface area (Å²) in [5.74, 6) is -0.747. The lowest BCUT2D eigenvalue weighted by molar-refractivity contribution is -0.150. The number of alkyl halides is 3. The van der Waals surface area contributed by atoms with Gasteiger partial charge in [0.15, 0.2) is 0 Å². The summed E-state index contributed by atoms with van der Waals surface area (Å²) in [6, 6.07) is 9.04. The lowest BCUT2D eigenvalue weighted by Gasteiger charge is -2.21. The monoisotopic (exact) mass is 272 g/mol. The van der Waals surface area contributed by atoms with Crippen LogP contribution in [0.2, 0.25) is 0 Å². The zero-order chi connectivity index (χ0) is 14.5. The Morgan fingerprint density at radius 2 is 1.89 bits per heavy atom. The Morgan fingerprint density at radius 3 is 2.37 bits per heavy atom. The lowest BCUT2D eigenvalue weighted by Crippen LogP contribution is -2.28. The summed E-state index contributed by atoms with van der Waals surface area (Å²) < 4.78 is 42.5. The van der Waals surface area contributed by atoms with Gasteiger partial charge in [0.05, 0.1) is 5.57 Å². The van der Waals surface area contributed by atoms with Gasteiger partial charge in [-0.1, -0.05) is 36.9 Å². The molecule has 104 valence electrons. The predicted octanol–water partition coefficient (Wildman–Crippen LogP) is 3.67. The Balaban J connectivity index is 2.70. The van der Waals surface area contributed by atoms with Gasteiger partial charge >= 0.3 is 12.1 Å². The van der Waals surface area contributed by atoms with Crippen LogP contribution in [0, 0.1) is 0 Å². The van der Waals surface area contributed by atoms with Gasteiger partial charge in [0, 0.05) is 6.92 Å². The highest BCUT2D eigenvalue weighted by molar-refractivity contribution is 5.66. The van der Waals surface area contributed by atoms with Gasteiger partial charge in [-0.2, -0.15) is 13.2 Å². The van der Waals surface area contributed by atoms with E-state index in [1.807, 2.05) is 6.07 Å². The Kier molecular flexibility index (Phi) is 5.15. The van der Waals surface area contributed by atoms with Gasteiger partial charge in [0.25, 0.3) is 0 Å². The van der Waals surface area contributed by atoms with E-state index in [2.05, 4.69) is 6.58 Å².